The molecule has 0 aliphatic rings. The van der Waals surface area contributed by atoms with E-state index in [9.17, 15) is 4.39 Å². The topological polar surface area (TPSA) is 24.9 Å². The Kier molecular flexibility index (Phi) is 4.35. The van der Waals surface area contributed by atoms with Crippen molar-refractivity contribution in [3.63, 3.8) is 0 Å². The monoisotopic (exact) mass is 372 g/mol. The minimum atomic E-state index is -0.271. The number of benzene rings is 1. The summed E-state index contributed by atoms with van der Waals surface area (Å²) in [6.45, 7) is 2.50. The molecular formula is C13H11Br2FN2. The lowest BCUT2D eigenvalue weighted by Crippen LogP contribution is -2.03. The van der Waals surface area contributed by atoms with Gasteiger partial charge in [0.05, 0.1) is 16.7 Å². The van der Waals surface area contributed by atoms with E-state index in [4.69, 9.17) is 0 Å². The Labute approximate surface area is 122 Å². The van der Waals surface area contributed by atoms with Gasteiger partial charge in [0.25, 0.3) is 0 Å². The van der Waals surface area contributed by atoms with Gasteiger partial charge in [-0.2, -0.15) is 0 Å². The molecule has 5 heteroatoms. The van der Waals surface area contributed by atoms with Gasteiger partial charge in [-0.15, -0.1) is 0 Å². The molecule has 0 bridgehead atoms. The summed E-state index contributed by atoms with van der Waals surface area (Å²) in [5, 5.41) is 3.18. The third kappa shape index (κ3) is 3.29. The summed E-state index contributed by atoms with van der Waals surface area (Å²) >= 11 is 6.50. The summed E-state index contributed by atoms with van der Waals surface area (Å²) in [5.74, 6) is -0.271. The fraction of sp³-hybridized carbons (Fsp3) is 0.154. The average Bonchev–Trinajstić information content (AvgIpc) is 2.34. The predicted octanol–water partition coefficient (Wildman–Crippen LogP) is 4.67. The van der Waals surface area contributed by atoms with E-state index < -0.39 is 0 Å². The molecule has 0 spiro atoms. The van der Waals surface area contributed by atoms with Gasteiger partial charge in [-0.1, -0.05) is 0 Å². The first-order chi connectivity index (χ1) is 8.56. The van der Waals surface area contributed by atoms with Crippen LogP contribution in [0, 0.1) is 12.7 Å². The highest BCUT2D eigenvalue weighted by atomic mass is 79.9. The minimum Gasteiger partial charge on any atom is -0.379 e. The van der Waals surface area contributed by atoms with Crippen molar-refractivity contribution in [2.24, 2.45) is 0 Å². The Morgan fingerprint density at radius 3 is 2.72 bits per heavy atom. The van der Waals surface area contributed by atoms with Gasteiger partial charge >= 0.3 is 0 Å². The molecule has 1 N–H and O–H groups in total. The first-order valence-electron chi connectivity index (χ1n) is 5.36. The molecule has 1 heterocycles. The minimum absolute atomic E-state index is 0.271. The molecule has 1 aromatic heterocycles. The van der Waals surface area contributed by atoms with Crippen molar-refractivity contribution < 1.29 is 4.39 Å². The van der Waals surface area contributed by atoms with E-state index in [2.05, 4.69) is 42.2 Å². The van der Waals surface area contributed by atoms with E-state index >= 15 is 0 Å². The maximum atomic E-state index is 13.4. The van der Waals surface area contributed by atoms with E-state index in [-0.39, 0.29) is 5.82 Å². The molecule has 0 aliphatic carbocycles. The summed E-state index contributed by atoms with van der Waals surface area (Å²) in [6, 6.07) is 7.09. The van der Waals surface area contributed by atoms with Crippen molar-refractivity contribution >= 4 is 37.5 Å². The van der Waals surface area contributed by atoms with E-state index in [1.165, 1.54) is 6.07 Å². The first-order valence-corrected chi connectivity index (χ1v) is 6.95. The van der Waals surface area contributed by atoms with Crippen LogP contribution in [0.5, 0.6) is 0 Å². The zero-order valence-corrected chi connectivity index (χ0v) is 12.8. The fourth-order valence-corrected chi connectivity index (χ4v) is 2.23. The van der Waals surface area contributed by atoms with E-state index in [0.29, 0.717) is 11.0 Å². The average molecular weight is 374 g/mol. The largest absolute Gasteiger partial charge is 0.379 e. The number of anilines is 1. The molecule has 2 nitrogen and oxygen atoms in total. The number of hydrogen-bond acceptors (Lipinski definition) is 2. The van der Waals surface area contributed by atoms with Gasteiger partial charge in [0.1, 0.15) is 5.82 Å². The van der Waals surface area contributed by atoms with Crippen LogP contribution in [0.3, 0.4) is 0 Å². The standard InChI is InChI=1S/C13H11Br2FN2/c1-8-4-11(15)12(16)5-13(8)18-7-10-3-2-9(14)6-17-10/h2-6,18H,7H2,1H3. The number of aromatic nitrogens is 1. The second-order valence-electron chi connectivity index (χ2n) is 3.90. The first kappa shape index (κ1) is 13.5. The maximum Gasteiger partial charge on any atom is 0.139 e. The Bertz CT molecular complexity index is 556. The zero-order valence-electron chi connectivity index (χ0n) is 9.67. The number of rotatable bonds is 3. The number of halogens is 3. The molecule has 0 radical (unpaired) electrons. The summed E-state index contributed by atoms with van der Waals surface area (Å²) in [4.78, 5) is 4.25. The molecule has 18 heavy (non-hydrogen) atoms. The highest BCUT2D eigenvalue weighted by Crippen LogP contribution is 2.24. The second kappa shape index (κ2) is 5.80. The Hall–Kier alpha value is -0.940. The molecule has 0 atom stereocenters. The van der Waals surface area contributed by atoms with Gasteiger partial charge in [-0.25, -0.2) is 4.39 Å². The van der Waals surface area contributed by atoms with Crippen molar-refractivity contribution in [1.82, 2.24) is 4.98 Å². The number of nitrogens with one attached hydrogen (secondary N) is 1. The Morgan fingerprint density at radius 2 is 2.06 bits per heavy atom. The van der Waals surface area contributed by atoms with Crippen LogP contribution >= 0.6 is 31.9 Å². The van der Waals surface area contributed by atoms with Crippen LogP contribution in [-0.2, 0) is 6.54 Å². The van der Waals surface area contributed by atoms with Crippen LogP contribution in [0.1, 0.15) is 11.3 Å². The Balaban J connectivity index is 2.10. The molecule has 0 amide bonds. The Morgan fingerprint density at radius 1 is 1.28 bits per heavy atom. The summed E-state index contributed by atoms with van der Waals surface area (Å²) in [5.41, 5.74) is 2.67. The lowest BCUT2D eigenvalue weighted by atomic mass is 10.2. The number of hydrogen-bond donors (Lipinski definition) is 1. The maximum absolute atomic E-state index is 13.4. The molecule has 1 aromatic carbocycles. The van der Waals surface area contributed by atoms with Gasteiger partial charge in [-0.3, -0.25) is 4.98 Å². The molecule has 0 saturated heterocycles. The van der Waals surface area contributed by atoms with Crippen LogP contribution in [0.4, 0.5) is 10.1 Å². The lowest BCUT2D eigenvalue weighted by molar-refractivity contribution is 0.621. The quantitative estimate of drug-likeness (QED) is 0.845. The van der Waals surface area contributed by atoms with Gasteiger partial charge in [0.15, 0.2) is 0 Å². The van der Waals surface area contributed by atoms with Gasteiger partial charge in [0.2, 0.25) is 0 Å². The van der Waals surface area contributed by atoms with Gasteiger partial charge < -0.3 is 5.32 Å². The van der Waals surface area contributed by atoms with Crippen LogP contribution in [0.2, 0.25) is 0 Å². The van der Waals surface area contributed by atoms with Crippen molar-refractivity contribution in [2.75, 3.05) is 5.32 Å². The fourth-order valence-electron chi connectivity index (χ4n) is 1.53. The predicted molar refractivity (Wildman–Crippen MR) is 78.1 cm³/mol. The zero-order chi connectivity index (χ0) is 13.1. The molecular weight excluding hydrogens is 363 g/mol. The molecule has 94 valence electrons. The van der Waals surface area contributed by atoms with Crippen LogP contribution in [0.15, 0.2) is 39.4 Å². The SMILES string of the molecule is Cc1cc(Br)c(F)cc1NCc1ccc(Br)cn1. The number of pyridine rings is 1. The molecule has 0 fully saturated rings. The third-order valence-corrected chi connectivity index (χ3v) is 3.59. The van der Waals surface area contributed by atoms with Crippen LogP contribution in [-0.4, -0.2) is 4.98 Å². The normalized spacial score (nSPS) is 10.4. The van der Waals surface area contributed by atoms with Crippen molar-refractivity contribution in [3.05, 3.63) is 56.5 Å². The molecule has 0 saturated carbocycles. The molecule has 0 aliphatic heterocycles. The van der Waals surface area contributed by atoms with E-state index in [1.807, 2.05) is 19.1 Å². The highest BCUT2D eigenvalue weighted by molar-refractivity contribution is 9.10. The summed E-state index contributed by atoms with van der Waals surface area (Å²) < 4.78 is 14.8. The van der Waals surface area contributed by atoms with Gasteiger partial charge in [-0.05, 0) is 68.6 Å². The van der Waals surface area contributed by atoms with Gasteiger partial charge in [0, 0.05) is 16.4 Å². The smallest absolute Gasteiger partial charge is 0.139 e. The van der Waals surface area contributed by atoms with Crippen molar-refractivity contribution in [1.29, 1.82) is 0 Å². The lowest BCUT2D eigenvalue weighted by Gasteiger charge is -2.10. The summed E-state index contributed by atoms with van der Waals surface area (Å²) in [7, 11) is 0. The van der Waals surface area contributed by atoms with E-state index in [0.717, 1.165) is 21.4 Å². The molecule has 2 aromatic rings. The van der Waals surface area contributed by atoms with Crippen molar-refractivity contribution in [2.45, 2.75) is 13.5 Å². The van der Waals surface area contributed by atoms with Crippen LogP contribution in [0.25, 0.3) is 0 Å². The van der Waals surface area contributed by atoms with Crippen LogP contribution < -0.4 is 5.32 Å². The number of nitrogens with zero attached hydrogens (tertiary/aromatic N) is 1. The van der Waals surface area contributed by atoms with Crippen molar-refractivity contribution in [3.8, 4) is 0 Å². The number of aryl methyl sites for hydroxylation is 1. The highest BCUT2D eigenvalue weighted by Gasteiger charge is 2.05. The molecule has 0 unspecified atom stereocenters. The molecule has 2 rings (SSSR count). The van der Waals surface area contributed by atoms with E-state index in [1.54, 1.807) is 12.3 Å². The summed E-state index contributed by atoms with van der Waals surface area (Å²) in [6.07, 6.45) is 1.74. The second-order valence-corrected chi connectivity index (χ2v) is 5.67. The third-order valence-electron chi connectivity index (χ3n) is 2.52.